The van der Waals surface area contributed by atoms with Gasteiger partial charge in [-0.25, -0.2) is 0 Å². The molecule has 1 saturated carbocycles. The van der Waals surface area contributed by atoms with Gasteiger partial charge in [-0.1, -0.05) is 12.1 Å². The molecule has 3 rings (SSSR count). The topological polar surface area (TPSA) is 59.2 Å². The first-order chi connectivity index (χ1) is 8.08. The zero-order valence-corrected chi connectivity index (χ0v) is 9.90. The van der Waals surface area contributed by atoms with Crippen LogP contribution in [0.4, 0.5) is 0 Å². The molecule has 0 spiro atoms. The summed E-state index contributed by atoms with van der Waals surface area (Å²) in [4.78, 5) is 4.45. The molecule has 4 nitrogen and oxygen atoms in total. The van der Waals surface area contributed by atoms with Gasteiger partial charge in [-0.15, -0.1) is 0 Å². The molecule has 0 bridgehead atoms. The van der Waals surface area contributed by atoms with Crippen LogP contribution in [-0.2, 0) is 5.41 Å². The molecule has 88 valence electrons. The Bertz CT molecular complexity index is 571. The first-order valence-electron chi connectivity index (χ1n) is 5.73. The number of aromatic hydroxyl groups is 1. The minimum atomic E-state index is 0.118. The second-order valence-corrected chi connectivity index (χ2v) is 4.98. The SMILES string of the molecule is Cc1cc(O)ccc1-c1nc(C2(C)CC2)no1. The molecule has 4 heteroatoms. The lowest BCUT2D eigenvalue weighted by Gasteiger charge is -2.01. The zero-order valence-electron chi connectivity index (χ0n) is 9.90. The summed E-state index contributed by atoms with van der Waals surface area (Å²) in [5.41, 5.74) is 1.93. The fraction of sp³-hybridized carbons (Fsp3) is 0.385. The average molecular weight is 230 g/mol. The van der Waals surface area contributed by atoms with E-state index in [0.29, 0.717) is 5.89 Å². The molecule has 1 heterocycles. The van der Waals surface area contributed by atoms with Crippen LogP contribution < -0.4 is 0 Å². The van der Waals surface area contributed by atoms with Crippen molar-refractivity contribution in [1.82, 2.24) is 10.1 Å². The lowest BCUT2D eigenvalue weighted by molar-refractivity contribution is 0.415. The third kappa shape index (κ3) is 1.69. The Hall–Kier alpha value is -1.84. The Morgan fingerprint density at radius 1 is 1.35 bits per heavy atom. The van der Waals surface area contributed by atoms with Crippen LogP contribution in [-0.4, -0.2) is 15.2 Å². The van der Waals surface area contributed by atoms with E-state index in [1.165, 1.54) is 0 Å². The smallest absolute Gasteiger partial charge is 0.258 e. The normalized spacial score (nSPS) is 17.1. The maximum absolute atomic E-state index is 9.36. The Balaban J connectivity index is 2.01. The van der Waals surface area contributed by atoms with Crippen molar-refractivity contribution in [3.63, 3.8) is 0 Å². The van der Waals surface area contributed by atoms with E-state index >= 15 is 0 Å². The molecule has 0 amide bonds. The van der Waals surface area contributed by atoms with Crippen LogP contribution in [0, 0.1) is 6.92 Å². The highest BCUT2D eigenvalue weighted by atomic mass is 16.5. The average Bonchev–Trinajstić information content (AvgIpc) is 2.85. The van der Waals surface area contributed by atoms with E-state index in [0.717, 1.165) is 29.8 Å². The van der Waals surface area contributed by atoms with Gasteiger partial charge in [0.25, 0.3) is 5.89 Å². The summed E-state index contributed by atoms with van der Waals surface area (Å²) < 4.78 is 5.30. The largest absolute Gasteiger partial charge is 0.508 e. The predicted molar refractivity (Wildman–Crippen MR) is 62.7 cm³/mol. The Morgan fingerprint density at radius 3 is 2.76 bits per heavy atom. The van der Waals surface area contributed by atoms with Crippen molar-refractivity contribution in [2.75, 3.05) is 0 Å². The quantitative estimate of drug-likeness (QED) is 0.861. The first kappa shape index (κ1) is 10.3. The second kappa shape index (κ2) is 3.32. The summed E-state index contributed by atoms with van der Waals surface area (Å²) in [6.07, 6.45) is 2.25. The van der Waals surface area contributed by atoms with E-state index in [2.05, 4.69) is 17.1 Å². The monoisotopic (exact) mass is 230 g/mol. The molecule has 0 saturated heterocycles. The van der Waals surface area contributed by atoms with E-state index in [1.54, 1.807) is 18.2 Å². The van der Waals surface area contributed by atoms with Gasteiger partial charge >= 0.3 is 0 Å². The highest BCUT2D eigenvalue weighted by Crippen LogP contribution is 2.46. The summed E-state index contributed by atoms with van der Waals surface area (Å²) in [5.74, 6) is 1.57. The Labute approximate surface area is 99.3 Å². The van der Waals surface area contributed by atoms with Gasteiger partial charge in [-0.05, 0) is 43.5 Å². The van der Waals surface area contributed by atoms with Gasteiger partial charge in [0.2, 0.25) is 0 Å². The predicted octanol–water partition coefficient (Wildman–Crippen LogP) is 2.80. The van der Waals surface area contributed by atoms with Gasteiger partial charge in [0.05, 0.1) is 0 Å². The van der Waals surface area contributed by atoms with Gasteiger partial charge in [0.1, 0.15) is 5.75 Å². The van der Waals surface area contributed by atoms with Crippen molar-refractivity contribution in [2.45, 2.75) is 32.1 Å². The molecule has 0 radical (unpaired) electrons. The lowest BCUT2D eigenvalue weighted by atomic mass is 10.1. The van der Waals surface area contributed by atoms with Gasteiger partial charge < -0.3 is 9.63 Å². The molecule has 1 aromatic heterocycles. The Morgan fingerprint density at radius 2 is 2.12 bits per heavy atom. The summed E-state index contributed by atoms with van der Waals surface area (Å²) >= 11 is 0. The van der Waals surface area contributed by atoms with E-state index < -0.39 is 0 Å². The summed E-state index contributed by atoms with van der Waals surface area (Å²) in [6, 6.07) is 5.13. The number of aromatic nitrogens is 2. The number of phenols is 1. The fourth-order valence-electron chi connectivity index (χ4n) is 1.88. The summed E-state index contributed by atoms with van der Waals surface area (Å²) in [6.45, 7) is 4.06. The standard InChI is InChI=1S/C13H14N2O2/c1-8-7-9(16)3-4-10(8)11-14-12(15-17-11)13(2)5-6-13/h3-4,7,16H,5-6H2,1-2H3. The molecule has 1 aliphatic carbocycles. The molecule has 1 aliphatic rings. The third-order valence-electron chi connectivity index (χ3n) is 3.41. The minimum absolute atomic E-state index is 0.118. The maximum atomic E-state index is 9.36. The molecule has 17 heavy (non-hydrogen) atoms. The van der Waals surface area contributed by atoms with E-state index in [1.807, 2.05) is 6.92 Å². The van der Waals surface area contributed by atoms with Crippen molar-refractivity contribution in [1.29, 1.82) is 0 Å². The van der Waals surface area contributed by atoms with E-state index in [-0.39, 0.29) is 11.2 Å². The molecule has 2 aromatic rings. The number of nitrogens with zero attached hydrogens (tertiary/aromatic N) is 2. The number of benzene rings is 1. The van der Waals surface area contributed by atoms with Crippen molar-refractivity contribution >= 4 is 0 Å². The molecule has 0 aliphatic heterocycles. The molecular formula is C13H14N2O2. The van der Waals surface area contributed by atoms with Crippen molar-refractivity contribution in [3.8, 4) is 17.2 Å². The van der Waals surface area contributed by atoms with Crippen LogP contribution in [0.3, 0.4) is 0 Å². The third-order valence-corrected chi connectivity index (χ3v) is 3.41. The number of aryl methyl sites for hydroxylation is 1. The molecule has 0 atom stereocenters. The second-order valence-electron chi connectivity index (χ2n) is 4.98. The van der Waals surface area contributed by atoms with E-state index in [4.69, 9.17) is 4.52 Å². The van der Waals surface area contributed by atoms with Crippen LogP contribution in [0.5, 0.6) is 5.75 Å². The Kier molecular flexibility index (Phi) is 2.02. The number of hydrogen-bond donors (Lipinski definition) is 1. The number of phenolic OH excluding ortho intramolecular Hbond substituents is 1. The van der Waals surface area contributed by atoms with Crippen molar-refractivity contribution in [3.05, 3.63) is 29.6 Å². The van der Waals surface area contributed by atoms with Gasteiger partial charge in [0.15, 0.2) is 5.82 Å². The molecular weight excluding hydrogens is 216 g/mol. The van der Waals surface area contributed by atoms with Crippen molar-refractivity contribution < 1.29 is 9.63 Å². The van der Waals surface area contributed by atoms with Crippen LogP contribution in [0.25, 0.3) is 11.5 Å². The molecule has 1 fully saturated rings. The first-order valence-corrected chi connectivity index (χ1v) is 5.73. The van der Waals surface area contributed by atoms with Gasteiger partial charge in [-0.2, -0.15) is 4.98 Å². The lowest BCUT2D eigenvalue weighted by Crippen LogP contribution is -2.01. The molecule has 0 unspecified atom stereocenters. The van der Waals surface area contributed by atoms with Crippen LogP contribution in [0.15, 0.2) is 22.7 Å². The highest BCUT2D eigenvalue weighted by molar-refractivity contribution is 5.59. The van der Waals surface area contributed by atoms with Gasteiger partial charge in [0, 0.05) is 11.0 Å². The minimum Gasteiger partial charge on any atom is -0.508 e. The van der Waals surface area contributed by atoms with Crippen molar-refractivity contribution in [2.24, 2.45) is 0 Å². The maximum Gasteiger partial charge on any atom is 0.258 e. The fourth-order valence-corrected chi connectivity index (χ4v) is 1.88. The summed E-state index contributed by atoms with van der Waals surface area (Å²) in [5, 5.41) is 13.4. The van der Waals surface area contributed by atoms with Crippen LogP contribution in [0.1, 0.15) is 31.2 Å². The highest BCUT2D eigenvalue weighted by Gasteiger charge is 2.43. The van der Waals surface area contributed by atoms with Crippen LogP contribution in [0.2, 0.25) is 0 Å². The van der Waals surface area contributed by atoms with E-state index in [9.17, 15) is 5.11 Å². The molecule has 1 aromatic carbocycles. The number of rotatable bonds is 2. The zero-order chi connectivity index (χ0) is 12.0. The summed E-state index contributed by atoms with van der Waals surface area (Å²) in [7, 11) is 0. The number of hydrogen-bond acceptors (Lipinski definition) is 4. The van der Waals surface area contributed by atoms with Crippen LogP contribution >= 0.6 is 0 Å². The van der Waals surface area contributed by atoms with Gasteiger partial charge in [-0.3, -0.25) is 0 Å². The molecule has 1 N–H and O–H groups in total.